The molecule has 9 heteroatoms. The van der Waals surface area contributed by atoms with Crippen molar-refractivity contribution in [3.8, 4) is 0 Å². The first-order chi connectivity index (χ1) is 14.8. The van der Waals surface area contributed by atoms with Gasteiger partial charge in [-0.2, -0.15) is 0 Å². The average molecular weight is 502 g/mol. The summed E-state index contributed by atoms with van der Waals surface area (Å²) in [6, 6.07) is 11.3. The van der Waals surface area contributed by atoms with Crippen LogP contribution in [0.2, 0.25) is 0 Å². The van der Waals surface area contributed by atoms with Gasteiger partial charge in [-0.05, 0) is 49.7 Å². The molecule has 3 aromatic heterocycles. The van der Waals surface area contributed by atoms with E-state index >= 15 is 0 Å². The topological polar surface area (TPSA) is 98.4 Å². The fourth-order valence-corrected chi connectivity index (χ4v) is 5.25. The van der Waals surface area contributed by atoms with Crippen LogP contribution in [0.4, 0.5) is 5.82 Å². The molecule has 0 fully saturated rings. The maximum Gasteiger partial charge on any atom is 0.278 e. The molecule has 0 spiro atoms. The molecule has 0 atom stereocenters. The Morgan fingerprint density at radius 1 is 1.19 bits per heavy atom. The Hall–Kier alpha value is -2.78. The molecule has 1 aromatic carbocycles. The van der Waals surface area contributed by atoms with Crippen molar-refractivity contribution in [2.24, 2.45) is 0 Å². The highest BCUT2D eigenvalue weighted by Crippen LogP contribution is 2.27. The van der Waals surface area contributed by atoms with Crippen LogP contribution in [0.15, 0.2) is 67.7 Å². The quantitative estimate of drug-likeness (QED) is 0.333. The maximum absolute atomic E-state index is 13.4. The number of aromatic nitrogens is 3. The number of rotatable bonds is 5. The third-order valence-electron chi connectivity index (χ3n) is 5.29. The highest BCUT2D eigenvalue weighted by atomic mass is 79.9. The second kappa shape index (κ2) is 8.05. The van der Waals surface area contributed by atoms with Crippen molar-refractivity contribution in [3.05, 3.63) is 69.1 Å². The fourth-order valence-electron chi connectivity index (χ4n) is 3.58. The molecule has 0 aliphatic rings. The van der Waals surface area contributed by atoms with E-state index in [9.17, 15) is 13.2 Å². The van der Waals surface area contributed by atoms with Gasteiger partial charge in [0.05, 0.1) is 11.4 Å². The van der Waals surface area contributed by atoms with Gasteiger partial charge in [0, 0.05) is 16.2 Å². The number of halogens is 1. The van der Waals surface area contributed by atoms with Gasteiger partial charge in [0.25, 0.3) is 11.2 Å². The molecule has 0 radical (unpaired) electrons. The monoisotopic (exact) mass is 501 g/mol. The largest absolute Gasteiger partial charge is 0.317 e. The number of hydrogen-bond donors (Lipinski definition) is 1. The Balaban J connectivity index is 2.11. The third kappa shape index (κ3) is 3.61. The van der Waals surface area contributed by atoms with Gasteiger partial charge in [0.2, 0.25) is 21.3 Å². The Morgan fingerprint density at radius 2 is 1.90 bits per heavy atom. The minimum absolute atomic E-state index is 0.0775. The summed E-state index contributed by atoms with van der Waals surface area (Å²) in [5.41, 5.74) is 7.82. The fraction of sp³-hybridized carbons (Fsp3) is 0.227. The number of fused-ring (bicyclic) bond motifs is 2. The number of nitrogens with two attached hydrogens (primary N) is 1. The van der Waals surface area contributed by atoms with Gasteiger partial charge in [-0.15, -0.1) is 0 Å². The molecule has 4 rings (SSSR count). The summed E-state index contributed by atoms with van der Waals surface area (Å²) in [6.45, 7) is 4.36. The lowest BCUT2D eigenvalue weighted by Gasteiger charge is -2.13. The third-order valence-corrected chi connectivity index (χ3v) is 7.61. The molecule has 31 heavy (non-hydrogen) atoms. The number of anilines is 1. The van der Waals surface area contributed by atoms with Crippen molar-refractivity contribution >= 4 is 48.3 Å². The maximum atomic E-state index is 13.4. The van der Waals surface area contributed by atoms with E-state index in [1.54, 1.807) is 29.0 Å². The molecule has 0 saturated heterocycles. The zero-order valence-corrected chi connectivity index (χ0v) is 19.6. The summed E-state index contributed by atoms with van der Waals surface area (Å²) in [7, 11) is -3.95. The zero-order chi connectivity index (χ0) is 22.3. The molecule has 7 nitrogen and oxygen atoms in total. The van der Waals surface area contributed by atoms with E-state index < -0.39 is 9.84 Å². The SMILES string of the molecule is CCCC[n+]1c(N)c(S(=O)(=O)c2ccc(Br)cc2)cc2c(=O)n3cccc(C)c3nc21. The van der Waals surface area contributed by atoms with Crippen molar-refractivity contribution in [2.75, 3.05) is 5.73 Å². The Morgan fingerprint density at radius 3 is 2.58 bits per heavy atom. The summed E-state index contributed by atoms with van der Waals surface area (Å²) in [5.74, 6) is 0.0775. The van der Waals surface area contributed by atoms with Crippen LogP contribution in [0.1, 0.15) is 25.3 Å². The van der Waals surface area contributed by atoms with Crippen molar-refractivity contribution in [3.63, 3.8) is 0 Å². The first kappa shape index (κ1) is 21.5. The number of nitrogens with zero attached hydrogens (tertiary/aromatic N) is 3. The van der Waals surface area contributed by atoms with E-state index in [0.29, 0.717) is 17.8 Å². The number of unbranched alkanes of at least 4 members (excludes halogenated alkanes) is 1. The molecule has 4 aromatic rings. The lowest BCUT2D eigenvalue weighted by atomic mass is 10.2. The summed E-state index contributed by atoms with van der Waals surface area (Å²) in [5, 5.41) is 0.212. The first-order valence-corrected chi connectivity index (χ1v) is 12.2. The van der Waals surface area contributed by atoms with Crippen LogP contribution in [0, 0.1) is 6.92 Å². The second-order valence-electron chi connectivity index (χ2n) is 7.40. The number of benzene rings is 1. The molecular weight excluding hydrogens is 480 g/mol. The van der Waals surface area contributed by atoms with Gasteiger partial charge in [-0.3, -0.25) is 9.20 Å². The first-order valence-electron chi connectivity index (χ1n) is 9.90. The van der Waals surface area contributed by atoms with Crippen molar-refractivity contribution in [2.45, 2.75) is 43.0 Å². The summed E-state index contributed by atoms with van der Waals surface area (Å²) in [4.78, 5) is 18.0. The lowest BCUT2D eigenvalue weighted by molar-refractivity contribution is -0.660. The smallest absolute Gasteiger partial charge is 0.278 e. The van der Waals surface area contributed by atoms with Crippen molar-refractivity contribution in [1.29, 1.82) is 0 Å². The highest BCUT2D eigenvalue weighted by molar-refractivity contribution is 9.10. The molecule has 0 aliphatic carbocycles. The van der Waals surface area contributed by atoms with E-state index in [1.807, 2.05) is 19.9 Å². The summed E-state index contributed by atoms with van der Waals surface area (Å²) in [6.07, 6.45) is 3.27. The number of aryl methyl sites for hydroxylation is 2. The summed E-state index contributed by atoms with van der Waals surface area (Å²) >= 11 is 3.32. The Labute approximate surface area is 188 Å². The van der Waals surface area contributed by atoms with Crippen LogP contribution in [0.5, 0.6) is 0 Å². The van der Waals surface area contributed by atoms with E-state index in [2.05, 4.69) is 15.9 Å². The van der Waals surface area contributed by atoms with E-state index in [-0.39, 0.29) is 26.6 Å². The molecule has 0 bridgehead atoms. The normalized spacial score (nSPS) is 12.0. The van der Waals surface area contributed by atoms with Gasteiger partial charge < -0.3 is 5.73 Å². The predicted molar refractivity (Wildman–Crippen MR) is 123 cm³/mol. The standard InChI is InChI=1S/C22H21BrN4O3S/c1-3-4-11-26-19(24)18(31(29,30)16-9-7-15(23)8-10-16)13-17-21(26)25-20-14(2)6-5-12-27(20)22(17)28/h5-10,12-13,24H,3-4,11H2,1-2H3/p+1. The molecule has 2 N–H and O–H groups in total. The molecule has 0 aliphatic heterocycles. The number of sulfone groups is 1. The molecule has 0 amide bonds. The van der Waals surface area contributed by atoms with Crippen molar-refractivity contribution in [1.82, 2.24) is 9.38 Å². The summed E-state index contributed by atoms with van der Waals surface area (Å²) < 4.78 is 30.7. The number of nitrogen functional groups attached to an aromatic ring is 1. The van der Waals surface area contributed by atoms with Gasteiger partial charge in [0.15, 0.2) is 0 Å². The molecule has 0 saturated carbocycles. The molecule has 3 heterocycles. The lowest BCUT2D eigenvalue weighted by Crippen LogP contribution is -2.41. The van der Waals surface area contributed by atoms with E-state index in [0.717, 1.165) is 22.9 Å². The average Bonchev–Trinajstić information content (AvgIpc) is 2.74. The van der Waals surface area contributed by atoms with Crippen LogP contribution < -0.4 is 15.9 Å². The Kier molecular flexibility index (Phi) is 5.57. The van der Waals surface area contributed by atoms with Gasteiger partial charge in [0.1, 0.15) is 10.3 Å². The van der Waals surface area contributed by atoms with Crippen LogP contribution in [0.25, 0.3) is 16.7 Å². The second-order valence-corrected chi connectivity index (χ2v) is 10.2. The van der Waals surface area contributed by atoms with E-state index in [4.69, 9.17) is 10.7 Å². The zero-order valence-electron chi connectivity index (χ0n) is 17.2. The van der Waals surface area contributed by atoms with Gasteiger partial charge in [-0.1, -0.05) is 40.3 Å². The molecule has 0 unspecified atom stereocenters. The van der Waals surface area contributed by atoms with Crippen LogP contribution in [-0.4, -0.2) is 17.8 Å². The highest BCUT2D eigenvalue weighted by Gasteiger charge is 2.29. The Bertz CT molecular complexity index is 1480. The van der Waals surface area contributed by atoms with Crippen LogP contribution in [0.3, 0.4) is 0 Å². The number of pyridine rings is 2. The molecular formula is C22H22BrN4O3S+. The van der Waals surface area contributed by atoms with Gasteiger partial charge in [-0.25, -0.2) is 13.0 Å². The van der Waals surface area contributed by atoms with E-state index in [1.165, 1.54) is 22.6 Å². The predicted octanol–water partition coefficient (Wildman–Crippen LogP) is 3.42. The number of hydrogen-bond acceptors (Lipinski definition) is 5. The van der Waals surface area contributed by atoms with Gasteiger partial charge >= 0.3 is 0 Å². The van der Waals surface area contributed by atoms with Crippen LogP contribution in [-0.2, 0) is 16.4 Å². The minimum Gasteiger partial charge on any atom is -0.317 e. The van der Waals surface area contributed by atoms with Crippen LogP contribution >= 0.6 is 15.9 Å². The molecule has 160 valence electrons. The van der Waals surface area contributed by atoms with Crippen molar-refractivity contribution < 1.29 is 13.0 Å². The minimum atomic E-state index is -3.95.